The van der Waals surface area contributed by atoms with Gasteiger partial charge in [0.2, 0.25) is 11.9 Å². The molecule has 0 fully saturated rings. The van der Waals surface area contributed by atoms with Crippen LogP contribution in [0.1, 0.15) is 22.3 Å². The van der Waals surface area contributed by atoms with Crippen molar-refractivity contribution < 1.29 is 8.78 Å². The highest BCUT2D eigenvalue weighted by Crippen LogP contribution is 2.51. The molecular formula is C29H20F2N4. The number of aromatic nitrogens is 4. The van der Waals surface area contributed by atoms with Gasteiger partial charge in [-0.2, -0.15) is 8.78 Å². The van der Waals surface area contributed by atoms with Crippen molar-refractivity contribution in [2.75, 3.05) is 0 Å². The van der Waals surface area contributed by atoms with Crippen LogP contribution in [-0.2, 0) is 18.3 Å². The van der Waals surface area contributed by atoms with Crippen LogP contribution in [-0.4, -0.2) is 19.9 Å². The maximum atomic E-state index is 14.1. The Kier molecular flexibility index (Phi) is 5.14. The quantitative estimate of drug-likeness (QED) is 0.302. The molecule has 6 rings (SSSR count). The summed E-state index contributed by atoms with van der Waals surface area (Å²) >= 11 is 0. The van der Waals surface area contributed by atoms with Gasteiger partial charge < -0.3 is 0 Å². The van der Waals surface area contributed by atoms with Gasteiger partial charge in [-0.1, -0.05) is 54.6 Å². The molecule has 5 aromatic rings. The van der Waals surface area contributed by atoms with Crippen LogP contribution in [0.4, 0.5) is 8.78 Å². The lowest BCUT2D eigenvalue weighted by atomic mass is 9.70. The van der Waals surface area contributed by atoms with E-state index < -0.39 is 17.3 Å². The second-order valence-corrected chi connectivity index (χ2v) is 8.78. The van der Waals surface area contributed by atoms with Crippen LogP contribution >= 0.6 is 0 Å². The lowest BCUT2D eigenvalue weighted by Gasteiger charge is -2.32. The molecule has 1 aliphatic rings. The van der Waals surface area contributed by atoms with Crippen LogP contribution in [0, 0.1) is 11.9 Å². The normalized spacial score (nSPS) is 13.3. The lowest BCUT2D eigenvalue weighted by Crippen LogP contribution is -2.31. The molecule has 3 heterocycles. The maximum absolute atomic E-state index is 14.1. The number of benzene rings is 2. The smallest absolute Gasteiger partial charge is 0.213 e. The van der Waals surface area contributed by atoms with E-state index in [9.17, 15) is 8.78 Å². The van der Waals surface area contributed by atoms with Crippen molar-refractivity contribution in [3.8, 4) is 22.6 Å². The minimum absolute atomic E-state index is 0.481. The Bertz CT molecular complexity index is 1490. The first-order valence-corrected chi connectivity index (χ1v) is 11.4. The number of rotatable bonds is 5. The summed E-state index contributed by atoms with van der Waals surface area (Å²) in [5.41, 5.74) is 5.74. The fourth-order valence-electron chi connectivity index (χ4n) is 5.16. The van der Waals surface area contributed by atoms with Crippen LogP contribution in [0.3, 0.4) is 0 Å². The maximum Gasteiger partial charge on any atom is 0.213 e. The molecule has 0 saturated heterocycles. The summed E-state index contributed by atoms with van der Waals surface area (Å²) in [5.74, 6) is -0.426. The van der Waals surface area contributed by atoms with Gasteiger partial charge in [0.25, 0.3) is 0 Å². The van der Waals surface area contributed by atoms with E-state index in [1.807, 2.05) is 60.8 Å². The molecule has 170 valence electrons. The molecule has 6 heteroatoms. The van der Waals surface area contributed by atoms with Crippen molar-refractivity contribution in [3.63, 3.8) is 0 Å². The number of halogens is 2. The first kappa shape index (κ1) is 21.2. The molecule has 0 aliphatic heterocycles. The van der Waals surface area contributed by atoms with Gasteiger partial charge in [0.1, 0.15) is 0 Å². The van der Waals surface area contributed by atoms with Gasteiger partial charge >= 0.3 is 0 Å². The van der Waals surface area contributed by atoms with E-state index in [4.69, 9.17) is 9.97 Å². The van der Waals surface area contributed by atoms with Gasteiger partial charge in [0.15, 0.2) is 5.82 Å². The van der Waals surface area contributed by atoms with Crippen LogP contribution < -0.4 is 0 Å². The number of pyridine rings is 2. The predicted octanol–water partition coefficient (Wildman–Crippen LogP) is 5.96. The molecule has 0 atom stereocenters. The van der Waals surface area contributed by atoms with Gasteiger partial charge in [0, 0.05) is 40.7 Å². The average molecular weight is 463 g/mol. The summed E-state index contributed by atoms with van der Waals surface area (Å²) in [5, 5.41) is 0. The molecule has 0 unspecified atom stereocenters. The zero-order valence-corrected chi connectivity index (χ0v) is 18.7. The minimum atomic E-state index is -0.622. The lowest BCUT2D eigenvalue weighted by molar-refractivity contribution is 0.507. The Morgan fingerprint density at radius 2 is 1.29 bits per heavy atom. The Balaban J connectivity index is 1.58. The molecule has 0 spiro atoms. The van der Waals surface area contributed by atoms with Gasteiger partial charge in [-0.3, -0.25) is 0 Å². The summed E-state index contributed by atoms with van der Waals surface area (Å²) < 4.78 is 28.2. The standard InChI is InChI=1S/C29H20F2N4/c30-25-14-19(10-12-32-25)16-29(17-20-11-13-33-26(31)15-20)23-9-5-4-8-22(23)27-24(29)18-34-28(35-27)21-6-2-1-3-7-21/h1-15,18H,16-17H2. The third-order valence-corrected chi connectivity index (χ3v) is 6.63. The predicted molar refractivity (Wildman–Crippen MR) is 129 cm³/mol. The highest BCUT2D eigenvalue weighted by molar-refractivity contribution is 5.79. The van der Waals surface area contributed by atoms with Crippen molar-refractivity contribution in [1.29, 1.82) is 0 Å². The van der Waals surface area contributed by atoms with E-state index >= 15 is 0 Å². The van der Waals surface area contributed by atoms with Gasteiger partial charge in [-0.15, -0.1) is 0 Å². The Morgan fingerprint density at radius 1 is 0.657 bits per heavy atom. The molecule has 1 aliphatic carbocycles. The van der Waals surface area contributed by atoms with E-state index in [0.29, 0.717) is 18.7 Å². The van der Waals surface area contributed by atoms with Crippen molar-refractivity contribution in [1.82, 2.24) is 19.9 Å². The molecule has 35 heavy (non-hydrogen) atoms. The van der Waals surface area contributed by atoms with Crippen molar-refractivity contribution in [2.45, 2.75) is 18.3 Å². The van der Waals surface area contributed by atoms with Gasteiger partial charge in [-0.25, -0.2) is 19.9 Å². The van der Waals surface area contributed by atoms with Crippen molar-refractivity contribution in [2.24, 2.45) is 0 Å². The van der Waals surface area contributed by atoms with Crippen molar-refractivity contribution in [3.05, 3.63) is 132 Å². The van der Waals surface area contributed by atoms with E-state index in [0.717, 1.165) is 39.1 Å². The summed E-state index contributed by atoms with van der Waals surface area (Å²) in [4.78, 5) is 17.2. The number of hydrogen-bond donors (Lipinski definition) is 0. The first-order valence-electron chi connectivity index (χ1n) is 11.4. The van der Waals surface area contributed by atoms with E-state index in [1.165, 1.54) is 24.5 Å². The summed E-state index contributed by atoms with van der Waals surface area (Å²) in [6.07, 6.45) is 5.78. The second kappa shape index (κ2) is 8.47. The average Bonchev–Trinajstić information content (AvgIpc) is 3.14. The molecular weight excluding hydrogens is 442 g/mol. The number of fused-ring (bicyclic) bond motifs is 3. The number of hydrogen-bond acceptors (Lipinski definition) is 4. The van der Waals surface area contributed by atoms with Crippen molar-refractivity contribution >= 4 is 0 Å². The topological polar surface area (TPSA) is 51.6 Å². The summed E-state index contributed by atoms with van der Waals surface area (Å²) in [6.45, 7) is 0. The third-order valence-electron chi connectivity index (χ3n) is 6.63. The Morgan fingerprint density at radius 3 is 1.94 bits per heavy atom. The molecule has 0 radical (unpaired) electrons. The molecule has 4 nitrogen and oxygen atoms in total. The molecule has 0 saturated carbocycles. The molecule has 0 amide bonds. The monoisotopic (exact) mass is 462 g/mol. The Labute approximate surface area is 201 Å². The zero-order valence-electron chi connectivity index (χ0n) is 18.7. The van der Waals surface area contributed by atoms with Crippen LogP contribution in [0.15, 0.2) is 97.5 Å². The SMILES string of the molecule is Fc1cc(CC2(Cc3ccnc(F)c3)c3ccccc3-c3nc(-c4ccccc4)ncc32)ccn1. The first-order chi connectivity index (χ1) is 17.1. The fourth-order valence-corrected chi connectivity index (χ4v) is 5.16. The molecule has 0 bridgehead atoms. The molecule has 2 aromatic carbocycles. The van der Waals surface area contributed by atoms with Gasteiger partial charge in [0.05, 0.1) is 5.69 Å². The summed E-state index contributed by atoms with van der Waals surface area (Å²) in [7, 11) is 0. The Hall–Kier alpha value is -4.32. The minimum Gasteiger partial charge on any atom is -0.236 e. The molecule has 0 N–H and O–H groups in total. The van der Waals surface area contributed by atoms with E-state index in [-0.39, 0.29) is 0 Å². The van der Waals surface area contributed by atoms with E-state index in [1.54, 1.807) is 0 Å². The second-order valence-electron chi connectivity index (χ2n) is 8.78. The zero-order chi connectivity index (χ0) is 23.8. The van der Waals surface area contributed by atoms with Crippen LogP contribution in [0.5, 0.6) is 0 Å². The highest BCUT2D eigenvalue weighted by atomic mass is 19.1. The van der Waals surface area contributed by atoms with Crippen LogP contribution in [0.25, 0.3) is 22.6 Å². The summed E-state index contributed by atoms with van der Waals surface area (Å²) in [6, 6.07) is 24.5. The largest absolute Gasteiger partial charge is 0.236 e. The number of nitrogens with zero attached hydrogens (tertiary/aromatic N) is 4. The van der Waals surface area contributed by atoms with Gasteiger partial charge in [-0.05, 0) is 53.8 Å². The van der Waals surface area contributed by atoms with E-state index in [2.05, 4.69) is 22.1 Å². The highest BCUT2D eigenvalue weighted by Gasteiger charge is 2.44. The molecule has 3 aromatic heterocycles. The third kappa shape index (κ3) is 3.77. The van der Waals surface area contributed by atoms with Crippen LogP contribution in [0.2, 0.25) is 0 Å². The fraction of sp³-hybridized carbons (Fsp3) is 0.103.